The molecule has 0 radical (unpaired) electrons. The first-order chi connectivity index (χ1) is 28.0. The Balaban J connectivity index is 1.11. The summed E-state index contributed by atoms with van der Waals surface area (Å²) < 4.78 is 0. The van der Waals surface area contributed by atoms with Gasteiger partial charge in [0, 0.05) is 33.4 Å². The fraction of sp³-hybridized carbons (Fsp3) is 0.0909. The zero-order valence-electron chi connectivity index (χ0n) is 32.2. The molecule has 2 nitrogen and oxygen atoms in total. The second-order valence-electron chi connectivity index (χ2n) is 16.1. The summed E-state index contributed by atoms with van der Waals surface area (Å²) in [7, 11) is 0. The van der Waals surface area contributed by atoms with Crippen LogP contribution in [0.25, 0.3) is 49.5 Å². The van der Waals surface area contributed by atoms with Crippen LogP contribution in [0.3, 0.4) is 0 Å². The van der Waals surface area contributed by atoms with Gasteiger partial charge in [0.1, 0.15) is 0 Å². The second kappa shape index (κ2) is 13.1. The molecule has 0 spiro atoms. The van der Waals surface area contributed by atoms with E-state index in [1.54, 1.807) is 0 Å². The smallest absolute Gasteiger partial charge is 0.0566 e. The highest BCUT2D eigenvalue weighted by Crippen LogP contribution is 2.51. The quantitative estimate of drug-likeness (QED) is 0.157. The minimum absolute atomic E-state index is 0.0397. The number of benzene rings is 9. The van der Waals surface area contributed by atoms with Gasteiger partial charge in [0.2, 0.25) is 0 Å². The lowest BCUT2D eigenvalue weighted by molar-refractivity contribution is 0.660. The Morgan fingerprint density at radius 1 is 0.456 bits per heavy atom. The van der Waals surface area contributed by atoms with E-state index >= 15 is 0 Å². The average Bonchev–Trinajstić information content (AvgIpc) is 3.50. The van der Waals surface area contributed by atoms with Gasteiger partial charge in [0.05, 0.1) is 17.4 Å². The van der Waals surface area contributed by atoms with E-state index in [0.29, 0.717) is 0 Å². The maximum absolute atomic E-state index is 2.56. The zero-order valence-corrected chi connectivity index (χ0v) is 32.2. The molecule has 0 N–H and O–H groups in total. The van der Waals surface area contributed by atoms with Crippen molar-refractivity contribution in [1.82, 2.24) is 0 Å². The highest BCUT2D eigenvalue weighted by atomic mass is 15.2. The van der Waals surface area contributed by atoms with E-state index in [9.17, 15) is 0 Å². The standard InChI is InChI=1S/C55H42N2/c1-55(2)51-28-16-15-26-46(51)50-36-42(30-32-52(50)55)56(39-19-5-3-6-20-39)41-29-31-48-49(35-41)44-24-12-10-18-38(44)34-54(48)57(40-21-7-4-8-22-40)53-33-37-17-9-11-23-43(37)45-25-13-14-27-47(45)53/h3-34,36,41H,35H2,1-2H3. The Kier molecular flexibility index (Phi) is 7.69. The summed E-state index contributed by atoms with van der Waals surface area (Å²) >= 11 is 0. The summed E-state index contributed by atoms with van der Waals surface area (Å²) in [6.07, 6.45) is 5.71. The summed E-state index contributed by atoms with van der Waals surface area (Å²) in [4.78, 5) is 5.06. The summed E-state index contributed by atoms with van der Waals surface area (Å²) in [5.74, 6) is 0. The molecule has 0 aliphatic heterocycles. The van der Waals surface area contributed by atoms with Crippen LogP contribution in [0.2, 0.25) is 0 Å². The van der Waals surface area contributed by atoms with Gasteiger partial charge < -0.3 is 9.80 Å². The van der Waals surface area contributed by atoms with Gasteiger partial charge in [-0.25, -0.2) is 0 Å². The fourth-order valence-electron chi connectivity index (χ4n) is 9.86. The molecule has 1 atom stereocenters. The van der Waals surface area contributed by atoms with Gasteiger partial charge in [0.25, 0.3) is 0 Å². The molecule has 9 aromatic rings. The minimum Gasteiger partial charge on any atom is -0.334 e. The molecule has 11 rings (SSSR count). The van der Waals surface area contributed by atoms with E-state index in [-0.39, 0.29) is 11.5 Å². The normalized spacial score (nSPS) is 15.0. The molecule has 0 amide bonds. The second-order valence-corrected chi connectivity index (χ2v) is 16.1. The number of para-hydroxylation sites is 2. The summed E-state index contributed by atoms with van der Waals surface area (Å²) in [5.41, 5.74) is 14.0. The first kappa shape index (κ1) is 33.4. The summed E-state index contributed by atoms with van der Waals surface area (Å²) in [6, 6.07) is 69.4. The monoisotopic (exact) mass is 730 g/mol. The Morgan fingerprint density at radius 3 is 1.81 bits per heavy atom. The van der Waals surface area contributed by atoms with Crippen LogP contribution in [-0.2, 0) is 11.8 Å². The predicted octanol–water partition coefficient (Wildman–Crippen LogP) is 14.7. The third-order valence-corrected chi connectivity index (χ3v) is 12.5. The van der Waals surface area contributed by atoms with Crippen molar-refractivity contribution < 1.29 is 0 Å². The van der Waals surface area contributed by atoms with Crippen molar-refractivity contribution in [2.45, 2.75) is 31.7 Å². The van der Waals surface area contributed by atoms with Crippen LogP contribution >= 0.6 is 0 Å². The van der Waals surface area contributed by atoms with Crippen molar-refractivity contribution in [3.63, 3.8) is 0 Å². The largest absolute Gasteiger partial charge is 0.334 e. The van der Waals surface area contributed by atoms with E-state index < -0.39 is 0 Å². The van der Waals surface area contributed by atoms with E-state index in [0.717, 1.165) is 12.1 Å². The highest BCUT2D eigenvalue weighted by Gasteiger charge is 2.36. The third-order valence-electron chi connectivity index (χ3n) is 12.5. The van der Waals surface area contributed by atoms with Crippen LogP contribution in [0.5, 0.6) is 0 Å². The summed E-state index contributed by atoms with van der Waals surface area (Å²) in [6.45, 7) is 4.71. The van der Waals surface area contributed by atoms with E-state index in [4.69, 9.17) is 0 Å². The molecule has 9 aromatic carbocycles. The fourth-order valence-corrected chi connectivity index (χ4v) is 9.86. The predicted molar refractivity (Wildman–Crippen MR) is 243 cm³/mol. The van der Waals surface area contributed by atoms with Crippen molar-refractivity contribution in [2.75, 3.05) is 9.80 Å². The number of anilines is 5. The van der Waals surface area contributed by atoms with Crippen molar-refractivity contribution in [1.29, 1.82) is 0 Å². The molecule has 2 aliphatic rings. The molecule has 0 fully saturated rings. The molecule has 0 heterocycles. The number of hydrogen-bond donors (Lipinski definition) is 0. The molecule has 0 bridgehead atoms. The lowest BCUT2D eigenvalue weighted by atomic mass is 9.82. The topological polar surface area (TPSA) is 6.48 Å². The molecule has 57 heavy (non-hydrogen) atoms. The molecule has 2 heteroatoms. The molecule has 0 saturated carbocycles. The molecular formula is C55H42N2. The van der Waals surface area contributed by atoms with Crippen LogP contribution in [0.15, 0.2) is 194 Å². The lowest BCUT2D eigenvalue weighted by Gasteiger charge is -2.37. The Morgan fingerprint density at radius 2 is 1.04 bits per heavy atom. The van der Waals surface area contributed by atoms with Crippen LogP contribution in [0.1, 0.15) is 36.1 Å². The van der Waals surface area contributed by atoms with Crippen molar-refractivity contribution >= 4 is 66.8 Å². The molecule has 272 valence electrons. The van der Waals surface area contributed by atoms with E-state index in [1.165, 1.54) is 88.4 Å². The van der Waals surface area contributed by atoms with Crippen molar-refractivity contribution in [3.8, 4) is 11.1 Å². The van der Waals surface area contributed by atoms with Gasteiger partial charge in [-0.05, 0) is 110 Å². The first-order valence-corrected chi connectivity index (χ1v) is 20.1. The SMILES string of the molecule is CC1(C)c2ccccc2-c2cc(N(c3ccccc3)C3C=Cc4c(N(c5ccccc5)c5cc6ccccc6c6ccccc56)cc5ccccc5c4C3)ccc21. The number of rotatable bonds is 6. The van der Waals surface area contributed by atoms with Gasteiger partial charge in [-0.15, -0.1) is 0 Å². The van der Waals surface area contributed by atoms with Gasteiger partial charge in [-0.2, -0.15) is 0 Å². The maximum Gasteiger partial charge on any atom is 0.0566 e. The molecule has 0 aromatic heterocycles. The van der Waals surface area contributed by atoms with Gasteiger partial charge in [-0.3, -0.25) is 0 Å². The van der Waals surface area contributed by atoms with Gasteiger partial charge in [0.15, 0.2) is 0 Å². The van der Waals surface area contributed by atoms with E-state index in [2.05, 4.69) is 224 Å². The lowest BCUT2D eigenvalue weighted by Crippen LogP contribution is -2.33. The van der Waals surface area contributed by atoms with Crippen LogP contribution in [0.4, 0.5) is 28.4 Å². The van der Waals surface area contributed by atoms with Crippen molar-refractivity contribution in [2.24, 2.45) is 0 Å². The number of nitrogens with zero attached hydrogens (tertiary/aromatic N) is 2. The average molecular weight is 731 g/mol. The number of hydrogen-bond acceptors (Lipinski definition) is 2. The van der Waals surface area contributed by atoms with Crippen LogP contribution in [0, 0.1) is 0 Å². The van der Waals surface area contributed by atoms with Crippen LogP contribution in [-0.4, -0.2) is 6.04 Å². The highest BCUT2D eigenvalue weighted by molar-refractivity contribution is 6.15. The molecular weight excluding hydrogens is 689 g/mol. The van der Waals surface area contributed by atoms with E-state index in [1.807, 2.05) is 0 Å². The molecule has 1 unspecified atom stereocenters. The van der Waals surface area contributed by atoms with Crippen LogP contribution < -0.4 is 9.80 Å². The zero-order chi connectivity index (χ0) is 38.1. The Bertz CT molecular complexity index is 3030. The number of fused-ring (bicyclic) bond motifs is 9. The molecule has 0 saturated heterocycles. The maximum atomic E-state index is 2.56. The Labute approximate surface area is 334 Å². The summed E-state index contributed by atoms with van der Waals surface area (Å²) in [5, 5.41) is 7.55. The Hall–Kier alpha value is -6.90. The first-order valence-electron chi connectivity index (χ1n) is 20.1. The third kappa shape index (κ3) is 5.32. The van der Waals surface area contributed by atoms with Gasteiger partial charge in [-0.1, -0.05) is 166 Å². The molecule has 2 aliphatic carbocycles. The van der Waals surface area contributed by atoms with Crippen molar-refractivity contribution in [3.05, 3.63) is 216 Å². The minimum atomic E-state index is -0.0397. The van der Waals surface area contributed by atoms with Gasteiger partial charge >= 0.3 is 0 Å².